The number of hydrogen-bond acceptors (Lipinski definition) is 3. The molecule has 0 saturated carbocycles. The van der Waals surface area contributed by atoms with Gasteiger partial charge in [-0.15, -0.1) is 0 Å². The van der Waals surface area contributed by atoms with E-state index in [1.165, 1.54) is 0 Å². The van der Waals surface area contributed by atoms with Crippen molar-refractivity contribution in [2.75, 3.05) is 19.0 Å². The maximum Gasteiger partial charge on any atom is 0.233 e. The van der Waals surface area contributed by atoms with Gasteiger partial charge < -0.3 is 15.4 Å². The van der Waals surface area contributed by atoms with E-state index in [0.717, 1.165) is 16.9 Å². The van der Waals surface area contributed by atoms with Gasteiger partial charge in [0.2, 0.25) is 11.8 Å². The molecule has 0 aliphatic rings. The highest BCUT2D eigenvalue weighted by molar-refractivity contribution is 6.30. The second-order valence-corrected chi connectivity index (χ2v) is 6.03. The number of para-hydroxylation sites is 1. The summed E-state index contributed by atoms with van der Waals surface area (Å²) in [6, 6.07) is 12.8. The highest BCUT2D eigenvalue weighted by atomic mass is 35.5. The zero-order chi connectivity index (χ0) is 18.2. The van der Waals surface area contributed by atoms with E-state index in [-0.39, 0.29) is 18.2 Å². The van der Waals surface area contributed by atoms with Gasteiger partial charge in [0.25, 0.3) is 0 Å². The molecule has 25 heavy (non-hydrogen) atoms. The lowest BCUT2D eigenvalue weighted by Gasteiger charge is -2.10. The van der Waals surface area contributed by atoms with E-state index in [1.807, 2.05) is 31.2 Å². The van der Waals surface area contributed by atoms with E-state index in [9.17, 15) is 9.59 Å². The Morgan fingerprint density at radius 3 is 2.60 bits per heavy atom. The van der Waals surface area contributed by atoms with Gasteiger partial charge in [-0.3, -0.25) is 9.59 Å². The lowest BCUT2D eigenvalue weighted by molar-refractivity contribution is -0.126. The zero-order valence-electron chi connectivity index (χ0n) is 14.3. The smallest absolute Gasteiger partial charge is 0.233 e. The van der Waals surface area contributed by atoms with Crippen LogP contribution in [0, 0.1) is 6.92 Å². The number of carbonyl (C=O) groups excluding carboxylic acids is 2. The first-order valence-electron chi connectivity index (χ1n) is 7.94. The average Bonchev–Trinajstić information content (AvgIpc) is 2.58. The summed E-state index contributed by atoms with van der Waals surface area (Å²) in [6.45, 7) is 2.28. The van der Waals surface area contributed by atoms with E-state index in [1.54, 1.807) is 25.3 Å². The number of halogens is 1. The van der Waals surface area contributed by atoms with Crippen LogP contribution >= 0.6 is 11.6 Å². The molecule has 0 heterocycles. The van der Waals surface area contributed by atoms with Crippen LogP contribution in [-0.2, 0) is 16.0 Å². The standard InChI is InChI=1S/C19H21ClN2O3/c1-13-11-15(20)7-8-16(13)22-19(24)12-18(23)21-10-9-14-5-3-4-6-17(14)25-2/h3-8,11H,9-10,12H2,1-2H3,(H,21,23)(H,22,24). The molecule has 0 unspecified atom stereocenters. The molecule has 2 amide bonds. The van der Waals surface area contributed by atoms with Crippen molar-refractivity contribution in [3.05, 3.63) is 58.6 Å². The van der Waals surface area contributed by atoms with Crippen LogP contribution in [0.25, 0.3) is 0 Å². The Morgan fingerprint density at radius 2 is 1.88 bits per heavy atom. The Hall–Kier alpha value is -2.53. The summed E-state index contributed by atoms with van der Waals surface area (Å²) < 4.78 is 5.27. The van der Waals surface area contributed by atoms with Crippen molar-refractivity contribution < 1.29 is 14.3 Å². The predicted molar refractivity (Wildman–Crippen MR) is 99.1 cm³/mol. The number of amides is 2. The summed E-state index contributed by atoms with van der Waals surface area (Å²) in [7, 11) is 1.61. The van der Waals surface area contributed by atoms with E-state index in [0.29, 0.717) is 23.7 Å². The molecule has 132 valence electrons. The first kappa shape index (κ1) is 18.8. The van der Waals surface area contributed by atoms with E-state index in [4.69, 9.17) is 16.3 Å². The molecule has 0 fully saturated rings. The third-order valence-electron chi connectivity index (χ3n) is 3.69. The van der Waals surface area contributed by atoms with Crippen molar-refractivity contribution in [2.24, 2.45) is 0 Å². The molecule has 2 aromatic rings. The molecule has 0 bridgehead atoms. The van der Waals surface area contributed by atoms with Crippen molar-refractivity contribution in [3.63, 3.8) is 0 Å². The maximum absolute atomic E-state index is 12.0. The third-order valence-corrected chi connectivity index (χ3v) is 3.93. The molecular formula is C19H21ClN2O3. The molecule has 2 aromatic carbocycles. The highest BCUT2D eigenvalue weighted by Gasteiger charge is 2.11. The van der Waals surface area contributed by atoms with Gasteiger partial charge in [0.05, 0.1) is 7.11 Å². The molecule has 2 rings (SSSR count). The number of carbonyl (C=O) groups is 2. The molecule has 0 saturated heterocycles. The van der Waals surface area contributed by atoms with Crippen LogP contribution in [0.4, 0.5) is 5.69 Å². The monoisotopic (exact) mass is 360 g/mol. The van der Waals surface area contributed by atoms with Crippen LogP contribution in [0.5, 0.6) is 5.75 Å². The second-order valence-electron chi connectivity index (χ2n) is 5.60. The first-order valence-corrected chi connectivity index (χ1v) is 8.32. The topological polar surface area (TPSA) is 67.4 Å². The molecule has 6 heteroatoms. The fourth-order valence-electron chi connectivity index (χ4n) is 2.42. The molecule has 0 atom stereocenters. The van der Waals surface area contributed by atoms with Gasteiger partial charge in [0.15, 0.2) is 0 Å². The van der Waals surface area contributed by atoms with Crippen molar-refractivity contribution in [2.45, 2.75) is 19.8 Å². The third kappa shape index (κ3) is 5.80. The summed E-state index contributed by atoms with van der Waals surface area (Å²) in [4.78, 5) is 23.9. The quantitative estimate of drug-likeness (QED) is 0.744. The number of hydrogen-bond donors (Lipinski definition) is 2. The molecular weight excluding hydrogens is 340 g/mol. The number of ether oxygens (including phenoxy) is 1. The Morgan fingerprint density at radius 1 is 1.12 bits per heavy atom. The van der Waals surface area contributed by atoms with Gasteiger partial charge in [0.1, 0.15) is 12.2 Å². The fraction of sp³-hybridized carbons (Fsp3) is 0.263. The van der Waals surface area contributed by atoms with Crippen LogP contribution in [0.3, 0.4) is 0 Å². The predicted octanol–water partition coefficient (Wildman–Crippen LogP) is 3.34. The second kappa shape index (κ2) is 9.08. The summed E-state index contributed by atoms with van der Waals surface area (Å²) in [5.74, 6) is 0.104. The summed E-state index contributed by atoms with van der Waals surface area (Å²) in [6.07, 6.45) is 0.404. The Bertz CT molecular complexity index is 762. The van der Waals surface area contributed by atoms with E-state index in [2.05, 4.69) is 10.6 Å². The van der Waals surface area contributed by atoms with Crippen molar-refractivity contribution in [1.82, 2.24) is 5.32 Å². The Balaban J connectivity index is 1.78. The normalized spacial score (nSPS) is 10.2. The minimum absolute atomic E-state index is 0.228. The van der Waals surface area contributed by atoms with Crippen molar-refractivity contribution >= 4 is 29.1 Å². The van der Waals surface area contributed by atoms with Gasteiger partial charge >= 0.3 is 0 Å². The molecule has 0 spiro atoms. The number of benzene rings is 2. The molecule has 0 aromatic heterocycles. The number of anilines is 1. The van der Waals surface area contributed by atoms with Gasteiger partial charge in [-0.2, -0.15) is 0 Å². The summed E-state index contributed by atoms with van der Waals surface area (Å²) in [5, 5.41) is 6.06. The van der Waals surface area contributed by atoms with Crippen LogP contribution in [-0.4, -0.2) is 25.5 Å². The zero-order valence-corrected chi connectivity index (χ0v) is 15.0. The number of methoxy groups -OCH3 is 1. The fourth-order valence-corrected chi connectivity index (χ4v) is 2.64. The van der Waals surface area contributed by atoms with Gasteiger partial charge in [0, 0.05) is 17.3 Å². The first-order chi connectivity index (χ1) is 12.0. The lowest BCUT2D eigenvalue weighted by atomic mass is 10.1. The minimum Gasteiger partial charge on any atom is -0.496 e. The molecule has 0 aliphatic heterocycles. The molecule has 0 radical (unpaired) electrons. The van der Waals surface area contributed by atoms with Crippen molar-refractivity contribution in [3.8, 4) is 5.75 Å². The molecule has 0 aliphatic carbocycles. The van der Waals surface area contributed by atoms with Crippen LogP contribution in [0.1, 0.15) is 17.5 Å². The van der Waals surface area contributed by atoms with Crippen LogP contribution in [0.15, 0.2) is 42.5 Å². The van der Waals surface area contributed by atoms with Gasteiger partial charge in [-0.05, 0) is 48.7 Å². The van der Waals surface area contributed by atoms with Crippen LogP contribution in [0.2, 0.25) is 5.02 Å². The summed E-state index contributed by atoms with van der Waals surface area (Å²) in [5.41, 5.74) is 2.50. The molecule has 2 N–H and O–H groups in total. The SMILES string of the molecule is COc1ccccc1CCNC(=O)CC(=O)Nc1ccc(Cl)cc1C. The van der Waals surface area contributed by atoms with E-state index < -0.39 is 0 Å². The average molecular weight is 361 g/mol. The minimum atomic E-state index is -0.361. The number of aryl methyl sites for hydroxylation is 1. The van der Waals surface area contributed by atoms with Gasteiger partial charge in [-0.1, -0.05) is 29.8 Å². The largest absolute Gasteiger partial charge is 0.496 e. The maximum atomic E-state index is 12.0. The Labute approximate surface area is 152 Å². The number of rotatable bonds is 7. The van der Waals surface area contributed by atoms with Crippen LogP contribution < -0.4 is 15.4 Å². The van der Waals surface area contributed by atoms with E-state index >= 15 is 0 Å². The summed E-state index contributed by atoms with van der Waals surface area (Å²) >= 11 is 5.88. The van der Waals surface area contributed by atoms with Crippen molar-refractivity contribution in [1.29, 1.82) is 0 Å². The molecule has 5 nitrogen and oxygen atoms in total. The lowest BCUT2D eigenvalue weighted by Crippen LogP contribution is -2.29. The highest BCUT2D eigenvalue weighted by Crippen LogP contribution is 2.20. The van der Waals surface area contributed by atoms with Gasteiger partial charge in [-0.25, -0.2) is 0 Å². The number of nitrogens with one attached hydrogen (secondary N) is 2. The Kier molecular flexibility index (Phi) is 6.83.